The molecule has 0 spiro atoms. The average molecular weight is 489 g/mol. The number of primary amides is 1. The van der Waals surface area contributed by atoms with Crippen LogP contribution in [0, 0.1) is 5.92 Å². The zero-order chi connectivity index (χ0) is 26.6. The summed E-state index contributed by atoms with van der Waals surface area (Å²) in [5, 5.41) is 25.8. The van der Waals surface area contributed by atoms with Gasteiger partial charge in [-0.25, -0.2) is 4.79 Å². The Kier molecular flexibility index (Phi) is 13.2. The molecule has 0 saturated carbocycles. The van der Waals surface area contributed by atoms with Crippen molar-refractivity contribution >= 4 is 35.6 Å². The number of aliphatic hydroxyl groups is 1. The van der Waals surface area contributed by atoms with Gasteiger partial charge in [-0.15, -0.1) is 0 Å². The molecule has 0 aromatic heterocycles. The van der Waals surface area contributed by atoms with Crippen molar-refractivity contribution in [3.8, 4) is 0 Å². The first-order valence-electron chi connectivity index (χ1n) is 10.6. The Hall–Kier alpha value is -3.46. The van der Waals surface area contributed by atoms with E-state index < -0.39 is 72.2 Å². The minimum absolute atomic E-state index is 0.00319. The molecule has 0 rings (SSSR count). The Morgan fingerprint density at radius 3 is 1.85 bits per heavy atom. The second kappa shape index (κ2) is 14.6. The number of nitrogens with two attached hydrogens (primary N) is 4. The number of rotatable bonds is 15. The van der Waals surface area contributed by atoms with Gasteiger partial charge in [0.2, 0.25) is 23.6 Å². The normalized spacial score (nSPS) is 15.2. The Bertz CT molecular complexity index is 768. The number of nitrogens with zero attached hydrogens (tertiary/aromatic N) is 1. The van der Waals surface area contributed by atoms with Gasteiger partial charge in [0.1, 0.15) is 24.2 Å². The molecule has 0 radical (unpaired) electrons. The molecular formula is C19H36N8O7. The first-order chi connectivity index (χ1) is 15.7. The number of amides is 4. The van der Waals surface area contributed by atoms with E-state index in [0.717, 1.165) is 0 Å². The molecule has 0 heterocycles. The van der Waals surface area contributed by atoms with Gasteiger partial charge >= 0.3 is 5.97 Å². The lowest BCUT2D eigenvalue weighted by Crippen LogP contribution is -2.59. The van der Waals surface area contributed by atoms with Crippen molar-refractivity contribution in [3.63, 3.8) is 0 Å². The number of nitrogens with one attached hydrogen (secondary N) is 3. The molecule has 0 bridgehead atoms. The van der Waals surface area contributed by atoms with Crippen molar-refractivity contribution in [2.75, 3.05) is 6.54 Å². The molecule has 15 heteroatoms. The number of aliphatic hydroxyl groups excluding tert-OH is 1. The topological polar surface area (TPSA) is 278 Å². The number of guanidine groups is 1. The van der Waals surface area contributed by atoms with Crippen molar-refractivity contribution in [2.45, 2.75) is 70.3 Å². The number of carboxylic acid groups (broad SMARTS) is 1. The highest BCUT2D eigenvalue weighted by Crippen LogP contribution is 2.06. The summed E-state index contributed by atoms with van der Waals surface area (Å²) in [6.45, 7) is 4.57. The molecule has 5 atom stereocenters. The smallest absolute Gasteiger partial charge is 0.326 e. The predicted octanol–water partition coefficient (Wildman–Crippen LogP) is -4.18. The minimum atomic E-state index is -1.50. The maximum Gasteiger partial charge on any atom is 0.326 e. The van der Waals surface area contributed by atoms with E-state index >= 15 is 0 Å². The number of carboxylic acids is 1. The second-order valence-corrected chi connectivity index (χ2v) is 8.08. The summed E-state index contributed by atoms with van der Waals surface area (Å²) in [6, 6.07) is -5.36. The molecule has 0 aliphatic heterocycles. The van der Waals surface area contributed by atoms with Gasteiger partial charge in [-0.1, -0.05) is 13.8 Å². The molecule has 0 saturated heterocycles. The first kappa shape index (κ1) is 30.5. The van der Waals surface area contributed by atoms with Crippen molar-refractivity contribution in [1.29, 1.82) is 0 Å². The van der Waals surface area contributed by atoms with Crippen LogP contribution in [0.3, 0.4) is 0 Å². The predicted molar refractivity (Wildman–Crippen MR) is 122 cm³/mol. The fourth-order valence-electron chi connectivity index (χ4n) is 2.71. The van der Waals surface area contributed by atoms with E-state index in [9.17, 15) is 34.2 Å². The molecule has 194 valence electrons. The maximum absolute atomic E-state index is 12.8. The first-order valence-corrected chi connectivity index (χ1v) is 10.6. The Balaban J connectivity index is 5.64. The summed E-state index contributed by atoms with van der Waals surface area (Å²) < 4.78 is 0. The molecule has 4 amide bonds. The highest BCUT2D eigenvalue weighted by molar-refractivity contribution is 5.96. The molecule has 13 N–H and O–H groups in total. The van der Waals surface area contributed by atoms with E-state index in [4.69, 9.17) is 22.9 Å². The lowest BCUT2D eigenvalue weighted by Gasteiger charge is -2.26. The Labute approximate surface area is 197 Å². The minimum Gasteiger partial charge on any atom is -0.480 e. The second-order valence-electron chi connectivity index (χ2n) is 8.08. The van der Waals surface area contributed by atoms with E-state index in [1.165, 1.54) is 6.92 Å². The van der Waals surface area contributed by atoms with Gasteiger partial charge in [-0.2, -0.15) is 0 Å². The van der Waals surface area contributed by atoms with Crippen LogP contribution in [0.1, 0.15) is 40.0 Å². The van der Waals surface area contributed by atoms with E-state index in [0.29, 0.717) is 0 Å². The molecule has 15 nitrogen and oxygen atoms in total. The van der Waals surface area contributed by atoms with Crippen LogP contribution in [0.15, 0.2) is 4.99 Å². The number of aliphatic imine (C=N–C) groups is 1. The van der Waals surface area contributed by atoms with Crippen LogP contribution in [0.4, 0.5) is 0 Å². The van der Waals surface area contributed by atoms with E-state index in [-0.39, 0.29) is 25.3 Å². The third kappa shape index (κ3) is 11.4. The summed E-state index contributed by atoms with van der Waals surface area (Å²) in [5.41, 5.74) is 21.2. The quantitative estimate of drug-likeness (QED) is 0.0608. The number of carbonyl (C=O) groups excluding carboxylic acids is 4. The van der Waals surface area contributed by atoms with Crippen molar-refractivity contribution in [3.05, 3.63) is 0 Å². The third-order valence-corrected chi connectivity index (χ3v) is 4.67. The van der Waals surface area contributed by atoms with Gasteiger partial charge in [0.25, 0.3) is 0 Å². The standard InChI is InChI=1S/C19H36N8O7/c1-8(2)14(18(33)34)27-15(30)10(5-4-6-24-19(22)23)25-16(31)11(7-12(20)29)26-17(32)13(21)9(3)28/h8-11,13-14,28H,4-7,21H2,1-3H3,(H2,20,29)(H,25,31)(H,26,32)(H,27,30)(H,33,34)(H4,22,23,24). The van der Waals surface area contributed by atoms with Gasteiger partial charge in [-0.3, -0.25) is 24.2 Å². The highest BCUT2D eigenvalue weighted by Gasteiger charge is 2.32. The number of hydrogen-bond acceptors (Lipinski definition) is 8. The summed E-state index contributed by atoms with van der Waals surface area (Å²) >= 11 is 0. The SMILES string of the molecule is CC(C)C(NC(=O)C(CCCN=C(N)N)NC(=O)C(CC(N)=O)NC(=O)C(N)C(C)O)C(=O)O. The molecule has 0 aromatic rings. The molecule has 0 aromatic carbocycles. The van der Waals surface area contributed by atoms with E-state index in [2.05, 4.69) is 20.9 Å². The maximum atomic E-state index is 12.8. The van der Waals surface area contributed by atoms with Crippen LogP contribution in [0.5, 0.6) is 0 Å². The monoisotopic (exact) mass is 488 g/mol. The Morgan fingerprint density at radius 1 is 0.882 bits per heavy atom. The Morgan fingerprint density at radius 2 is 1.41 bits per heavy atom. The summed E-state index contributed by atoms with van der Waals surface area (Å²) in [5.74, 6) is -5.48. The zero-order valence-corrected chi connectivity index (χ0v) is 19.5. The van der Waals surface area contributed by atoms with Crippen molar-refractivity contribution in [2.24, 2.45) is 33.8 Å². The highest BCUT2D eigenvalue weighted by atomic mass is 16.4. The van der Waals surface area contributed by atoms with Crippen LogP contribution in [-0.4, -0.2) is 82.6 Å². The van der Waals surface area contributed by atoms with Gasteiger partial charge in [0.05, 0.1) is 12.5 Å². The average Bonchev–Trinajstić information content (AvgIpc) is 2.71. The number of hydrogen-bond donors (Lipinski definition) is 9. The van der Waals surface area contributed by atoms with Crippen LogP contribution in [0.25, 0.3) is 0 Å². The van der Waals surface area contributed by atoms with Crippen LogP contribution >= 0.6 is 0 Å². The van der Waals surface area contributed by atoms with E-state index in [1.807, 2.05) is 0 Å². The van der Waals surface area contributed by atoms with Crippen LogP contribution < -0.4 is 38.9 Å². The largest absolute Gasteiger partial charge is 0.480 e. The molecule has 0 aliphatic carbocycles. The lowest BCUT2D eigenvalue weighted by molar-refractivity contribution is -0.143. The zero-order valence-electron chi connectivity index (χ0n) is 19.5. The molecule has 0 fully saturated rings. The van der Waals surface area contributed by atoms with Gasteiger partial charge < -0.3 is 49.1 Å². The van der Waals surface area contributed by atoms with Gasteiger partial charge in [-0.05, 0) is 25.7 Å². The summed E-state index contributed by atoms with van der Waals surface area (Å²) in [7, 11) is 0. The summed E-state index contributed by atoms with van der Waals surface area (Å²) in [4.78, 5) is 64.4. The van der Waals surface area contributed by atoms with Gasteiger partial charge in [0, 0.05) is 6.54 Å². The fourth-order valence-corrected chi connectivity index (χ4v) is 2.71. The molecule has 0 aliphatic rings. The third-order valence-electron chi connectivity index (χ3n) is 4.67. The van der Waals surface area contributed by atoms with E-state index in [1.54, 1.807) is 13.8 Å². The number of carbonyl (C=O) groups is 5. The molecule has 34 heavy (non-hydrogen) atoms. The van der Waals surface area contributed by atoms with Crippen LogP contribution in [-0.2, 0) is 24.0 Å². The van der Waals surface area contributed by atoms with Crippen LogP contribution in [0.2, 0.25) is 0 Å². The molecule has 5 unspecified atom stereocenters. The fraction of sp³-hybridized carbons (Fsp3) is 0.684. The number of aliphatic carboxylic acids is 1. The summed E-state index contributed by atoms with van der Waals surface area (Å²) in [6.07, 6.45) is -1.62. The van der Waals surface area contributed by atoms with Crippen molar-refractivity contribution in [1.82, 2.24) is 16.0 Å². The lowest BCUT2D eigenvalue weighted by atomic mass is 10.0. The molecular weight excluding hydrogens is 452 g/mol. The van der Waals surface area contributed by atoms with Crippen molar-refractivity contribution < 1.29 is 34.2 Å². The van der Waals surface area contributed by atoms with Gasteiger partial charge in [0.15, 0.2) is 5.96 Å².